The molecule has 2 aromatic rings. The molecule has 3 heterocycles. The molecule has 0 saturated heterocycles. The first-order valence-electron chi connectivity index (χ1n) is 8.26. The lowest BCUT2D eigenvalue weighted by Gasteiger charge is -2.22. The zero-order valence-electron chi connectivity index (χ0n) is 14.5. The highest BCUT2D eigenvalue weighted by molar-refractivity contribution is 6.32. The number of carboxylic acids is 1. The van der Waals surface area contributed by atoms with E-state index in [0.717, 1.165) is 4.68 Å². The first-order valence-corrected chi connectivity index (χ1v) is 8.63. The van der Waals surface area contributed by atoms with E-state index in [2.05, 4.69) is 25.9 Å². The van der Waals surface area contributed by atoms with Crippen molar-refractivity contribution in [2.75, 3.05) is 6.54 Å². The molecule has 0 aromatic carbocycles. The molecule has 3 N–H and O–H groups in total. The number of nitrogens with one attached hydrogen (secondary N) is 2. The SMILES string of the molecule is CC(c1cc(C(=O)O)n(-c2ncccc2Cl)n1)C1CCN=C(C(F)(F)F)NN1. The molecule has 2 aromatic heterocycles. The summed E-state index contributed by atoms with van der Waals surface area (Å²) in [5, 5.41) is 14.0. The van der Waals surface area contributed by atoms with Gasteiger partial charge in [0, 0.05) is 24.7 Å². The number of aromatic carboxylic acids is 1. The van der Waals surface area contributed by atoms with Crippen molar-refractivity contribution < 1.29 is 23.1 Å². The maximum atomic E-state index is 12.8. The van der Waals surface area contributed by atoms with Gasteiger partial charge in [0.05, 0.1) is 10.7 Å². The van der Waals surface area contributed by atoms with Crippen molar-refractivity contribution in [2.45, 2.75) is 31.5 Å². The lowest BCUT2D eigenvalue weighted by atomic mass is 9.96. The van der Waals surface area contributed by atoms with Crippen LogP contribution in [0.2, 0.25) is 5.02 Å². The van der Waals surface area contributed by atoms with Gasteiger partial charge in [-0.3, -0.25) is 4.99 Å². The Balaban J connectivity index is 1.87. The molecule has 1 aliphatic rings. The van der Waals surface area contributed by atoms with E-state index in [4.69, 9.17) is 11.6 Å². The number of nitrogens with zero attached hydrogens (tertiary/aromatic N) is 4. The van der Waals surface area contributed by atoms with Crippen LogP contribution in [0.1, 0.15) is 35.4 Å². The molecule has 2 atom stereocenters. The van der Waals surface area contributed by atoms with E-state index in [1.54, 1.807) is 19.1 Å². The predicted molar refractivity (Wildman–Crippen MR) is 94.8 cm³/mol. The van der Waals surface area contributed by atoms with Gasteiger partial charge in [-0.05, 0) is 24.6 Å². The van der Waals surface area contributed by atoms with Crippen molar-refractivity contribution in [2.24, 2.45) is 4.99 Å². The minimum Gasteiger partial charge on any atom is -0.477 e. The summed E-state index contributed by atoms with van der Waals surface area (Å²) in [6.07, 6.45) is -2.84. The van der Waals surface area contributed by atoms with Crippen LogP contribution >= 0.6 is 11.6 Å². The van der Waals surface area contributed by atoms with Gasteiger partial charge in [-0.15, -0.1) is 0 Å². The second kappa shape index (κ2) is 7.76. The summed E-state index contributed by atoms with van der Waals surface area (Å²) in [6.45, 7) is 1.69. The second-order valence-electron chi connectivity index (χ2n) is 6.16. The molecule has 8 nitrogen and oxygen atoms in total. The summed E-state index contributed by atoms with van der Waals surface area (Å²) in [5.41, 5.74) is 4.92. The quantitative estimate of drug-likeness (QED) is 0.707. The molecule has 150 valence electrons. The Morgan fingerprint density at radius 2 is 2.21 bits per heavy atom. The first kappa shape index (κ1) is 20.1. The number of pyridine rings is 1. The fourth-order valence-electron chi connectivity index (χ4n) is 2.80. The number of aromatic nitrogens is 3. The van der Waals surface area contributed by atoms with Crippen LogP contribution in [0.4, 0.5) is 13.2 Å². The average molecular weight is 417 g/mol. The molecule has 0 amide bonds. The van der Waals surface area contributed by atoms with Crippen LogP contribution in [0.3, 0.4) is 0 Å². The van der Waals surface area contributed by atoms with Gasteiger partial charge < -0.3 is 10.5 Å². The third kappa shape index (κ3) is 4.09. The van der Waals surface area contributed by atoms with Crippen molar-refractivity contribution in [1.29, 1.82) is 0 Å². The van der Waals surface area contributed by atoms with Crippen molar-refractivity contribution in [3.63, 3.8) is 0 Å². The number of carboxylic acid groups (broad SMARTS) is 1. The summed E-state index contributed by atoms with van der Waals surface area (Å²) >= 11 is 6.09. The number of alkyl halides is 3. The molecular weight excluding hydrogens is 401 g/mol. The van der Waals surface area contributed by atoms with Crippen LogP contribution in [0.5, 0.6) is 0 Å². The maximum absolute atomic E-state index is 12.8. The van der Waals surface area contributed by atoms with E-state index in [0.29, 0.717) is 12.1 Å². The molecular formula is C16H16ClF3N6O2. The highest BCUT2D eigenvalue weighted by atomic mass is 35.5. The van der Waals surface area contributed by atoms with E-state index in [-0.39, 0.29) is 23.1 Å². The average Bonchev–Trinajstić information content (AvgIpc) is 2.91. The highest BCUT2D eigenvalue weighted by Gasteiger charge is 2.38. The van der Waals surface area contributed by atoms with Crippen LogP contribution < -0.4 is 10.9 Å². The number of hydrazine groups is 1. The van der Waals surface area contributed by atoms with Crippen LogP contribution in [0.25, 0.3) is 5.82 Å². The van der Waals surface area contributed by atoms with E-state index >= 15 is 0 Å². The van der Waals surface area contributed by atoms with Gasteiger partial charge in [0.2, 0.25) is 5.84 Å². The predicted octanol–water partition coefficient (Wildman–Crippen LogP) is 2.55. The van der Waals surface area contributed by atoms with Crippen LogP contribution in [0.15, 0.2) is 29.4 Å². The van der Waals surface area contributed by atoms with E-state index in [1.807, 2.05) is 0 Å². The maximum Gasteiger partial charge on any atom is 0.450 e. The van der Waals surface area contributed by atoms with Gasteiger partial charge in [-0.1, -0.05) is 18.5 Å². The van der Waals surface area contributed by atoms with Crippen molar-refractivity contribution in [3.8, 4) is 5.82 Å². The number of halogens is 4. The summed E-state index contributed by atoms with van der Waals surface area (Å²) < 4.78 is 39.5. The Bertz CT molecular complexity index is 914. The number of carbonyl (C=O) groups is 1. The molecule has 3 rings (SSSR count). The van der Waals surface area contributed by atoms with Crippen LogP contribution in [-0.4, -0.2) is 50.4 Å². The topological polar surface area (TPSA) is 104 Å². The Kier molecular flexibility index (Phi) is 5.57. The normalized spacial score (nSPS) is 18.8. The van der Waals surface area contributed by atoms with Crippen molar-refractivity contribution >= 4 is 23.4 Å². The molecule has 0 aliphatic carbocycles. The minimum atomic E-state index is -4.58. The fraction of sp³-hybridized carbons (Fsp3) is 0.375. The zero-order chi connectivity index (χ0) is 20.5. The molecule has 0 fully saturated rings. The Morgan fingerprint density at radius 1 is 1.46 bits per heavy atom. The molecule has 0 radical (unpaired) electrons. The largest absolute Gasteiger partial charge is 0.477 e. The van der Waals surface area contributed by atoms with Gasteiger partial charge in [-0.25, -0.2) is 19.9 Å². The van der Waals surface area contributed by atoms with Crippen LogP contribution in [-0.2, 0) is 0 Å². The molecule has 0 bridgehead atoms. The summed E-state index contributed by atoms with van der Waals surface area (Å²) in [5.74, 6) is -2.60. The first-order chi connectivity index (χ1) is 13.2. The number of hydrogen-bond acceptors (Lipinski definition) is 6. The number of aliphatic imine (C=N–C) groups is 1. The third-order valence-corrected chi connectivity index (χ3v) is 4.61. The standard InChI is InChI=1S/C16H16ClF3N6O2/c1-8(10-4-6-22-15(24-23-10)16(18,19)20)11-7-12(14(27)28)26(25-11)13-9(17)3-2-5-21-13/h2-3,5,7-8,10,23H,4,6H2,1H3,(H,22,24)(H,27,28). The summed E-state index contributed by atoms with van der Waals surface area (Å²) in [7, 11) is 0. The molecule has 12 heteroatoms. The van der Waals surface area contributed by atoms with Gasteiger partial charge >= 0.3 is 12.1 Å². The number of rotatable bonds is 4. The van der Waals surface area contributed by atoms with Crippen molar-refractivity contribution in [3.05, 3.63) is 40.8 Å². The molecule has 28 heavy (non-hydrogen) atoms. The van der Waals surface area contributed by atoms with E-state index < -0.39 is 29.9 Å². The van der Waals surface area contributed by atoms with Gasteiger partial charge in [0.15, 0.2) is 11.5 Å². The Morgan fingerprint density at radius 3 is 2.86 bits per heavy atom. The number of amidine groups is 1. The third-order valence-electron chi connectivity index (χ3n) is 4.31. The van der Waals surface area contributed by atoms with Crippen LogP contribution in [0, 0.1) is 0 Å². The summed E-state index contributed by atoms with van der Waals surface area (Å²) in [6, 6.07) is 4.04. The zero-order valence-corrected chi connectivity index (χ0v) is 15.3. The molecule has 1 aliphatic heterocycles. The van der Waals surface area contributed by atoms with Gasteiger partial charge in [-0.2, -0.15) is 18.3 Å². The summed E-state index contributed by atoms with van der Waals surface area (Å²) in [4.78, 5) is 19.2. The molecule has 0 spiro atoms. The van der Waals surface area contributed by atoms with Gasteiger partial charge in [0.1, 0.15) is 0 Å². The monoisotopic (exact) mass is 416 g/mol. The van der Waals surface area contributed by atoms with Gasteiger partial charge in [0.25, 0.3) is 0 Å². The lowest BCUT2D eigenvalue weighted by molar-refractivity contribution is -0.0626. The van der Waals surface area contributed by atoms with E-state index in [9.17, 15) is 23.1 Å². The second-order valence-corrected chi connectivity index (χ2v) is 6.57. The minimum absolute atomic E-state index is 0.0393. The molecule has 2 unspecified atom stereocenters. The smallest absolute Gasteiger partial charge is 0.450 e. The van der Waals surface area contributed by atoms with E-state index in [1.165, 1.54) is 12.3 Å². The highest BCUT2D eigenvalue weighted by Crippen LogP contribution is 2.26. The number of hydrogen-bond donors (Lipinski definition) is 3. The fourth-order valence-corrected chi connectivity index (χ4v) is 3.00. The Hall–Kier alpha value is -2.66. The lowest BCUT2D eigenvalue weighted by Crippen LogP contribution is -2.49. The Labute approximate surface area is 162 Å². The molecule has 0 saturated carbocycles. The van der Waals surface area contributed by atoms with Crippen molar-refractivity contribution in [1.82, 2.24) is 25.6 Å².